The Kier molecular flexibility index (Phi) is 11.3. The topological polar surface area (TPSA) is 55.4 Å². The molecule has 0 N–H and O–H groups in total. The van der Waals surface area contributed by atoms with Gasteiger partial charge in [-0.25, -0.2) is 0 Å². The molecule has 44 heavy (non-hydrogen) atoms. The highest BCUT2D eigenvalue weighted by molar-refractivity contribution is 6.76. The van der Waals surface area contributed by atoms with Crippen molar-refractivity contribution in [2.75, 3.05) is 21.3 Å². The van der Waals surface area contributed by atoms with Crippen molar-refractivity contribution in [2.45, 2.75) is 117 Å². The molecule has 0 aliphatic carbocycles. The van der Waals surface area contributed by atoms with E-state index in [1.165, 1.54) is 0 Å². The maximum atomic E-state index is 7.19. The summed E-state index contributed by atoms with van der Waals surface area (Å²) in [6, 6.07) is 8.04. The average Bonchev–Trinajstić information content (AvgIpc) is 2.86. The van der Waals surface area contributed by atoms with Crippen LogP contribution < -0.4 is 27.5 Å². The Morgan fingerprint density at radius 2 is 0.886 bits per heavy atom. The molecular weight excluding hydrogens is 601 g/mol. The van der Waals surface area contributed by atoms with Gasteiger partial charge >= 0.3 is 0 Å². The molecule has 0 saturated carbocycles. The van der Waals surface area contributed by atoms with Crippen LogP contribution in [0.2, 0.25) is 54.4 Å². The van der Waals surface area contributed by atoms with E-state index in [9.17, 15) is 0 Å². The van der Waals surface area contributed by atoms with E-state index in [4.69, 9.17) is 27.5 Å². The van der Waals surface area contributed by atoms with Gasteiger partial charge in [-0.2, -0.15) is 0 Å². The Bertz CT molecular complexity index is 1300. The van der Waals surface area contributed by atoms with Gasteiger partial charge in [-0.15, -0.1) is 0 Å². The SMILES string of the molecule is COc1cc(C=Cc2ccc(O[Si](C)(C)C(C)(C)C)c(O[Si](C)(C)C(C)(C)C)c2O[Si](C)(C)C(C)(C)C)cc(OC)c1OC. The van der Waals surface area contributed by atoms with Crippen LogP contribution in [-0.2, 0) is 0 Å². The third-order valence-electron chi connectivity index (χ3n) is 9.75. The molecule has 9 heteroatoms. The lowest BCUT2D eigenvalue weighted by Gasteiger charge is -2.42. The quantitative estimate of drug-likeness (QED) is 0.177. The Hall–Kier alpha value is -2.37. The molecular formula is C35H60O6Si3. The van der Waals surface area contributed by atoms with E-state index < -0.39 is 25.0 Å². The lowest BCUT2D eigenvalue weighted by molar-refractivity contribution is 0.324. The maximum Gasteiger partial charge on any atom is 0.250 e. The zero-order valence-corrected chi connectivity index (χ0v) is 33.9. The highest BCUT2D eigenvalue weighted by Gasteiger charge is 2.45. The molecule has 0 saturated heterocycles. The second-order valence-electron chi connectivity index (χ2n) is 16.2. The van der Waals surface area contributed by atoms with Gasteiger partial charge in [-0.05, 0) is 84.2 Å². The van der Waals surface area contributed by atoms with Crippen LogP contribution in [0.3, 0.4) is 0 Å². The molecule has 0 atom stereocenters. The third kappa shape index (κ3) is 8.46. The summed E-state index contributed by atoms with van der Waals surface area (Å²) in [7, 11) is -1.93. The standard InChI is InChI=1S/C35H60O6Si3/c1-33(2,3)42(13,14)39-27-22-21-26(20-19-25-23-28(36-10)31(38-12)29(24-25)37-11)30(40-43(15,16)34(4,5)6)32(27)41-44(17,18)35(7,8)9/h19-24H,1-18H3. The van der Waals surface area contributed by atoms with Gasteiger partial charge in [0.15, 0.2) is 23.0 Å². The summed E-state index contributed by atoms with van der Waals surface area (Å²) in [5.41, 5.74) is 1.84. The van der Waals surface area contributed by atoms with E-state index >= 15 is 0 Å². The van der Waals surface area contributed by atoms with Crippen LogP contribution in [0.5, 0.6) is 34.5 Å². The van der Waals surface area contributed by atoms with Crippen LogP contribution >= 0.6 is 0 Å². The van der Waals surface area contributed by atoms with Gasteiger partial charge in [0.05, 0.1) is 21.3 Å². The minimum Gasteiger partial charge on any atom is -0.541 e. The van der Waals surface area contributed by atoms with Gasteiger partial charge in [0.1, 0.15) is 5.75 Å². The maximum absolute atomic E-state index is 7.19. The first-order valence-electron chi connectivity index (χ1n) is 15.5. The van der Waals surface area contributed by atoms with Crippen molar-refractivity contribution in [3.63, 3.8) is 0 Å². The Morgan fingerprint density at radius 3 is 1.27 bits per heavy atom. The predicted octanol–water partition coefficient (Wildman–Crippen LogP) is 11.0. The average molecular weight is 661 g/mol. The Morgan fingerprint density at radius 1 is 0.477 bits per heavy atom. The van der Waals surface area contributed by atoms with Gasteiger partial charge in [0.2, 0.25) is 5.75 Å². The second kappa shape index (κ2) is 13.2. The second-order valence-corrected chi connectivity index (χ2v) is 30.4. The van der Waals surface area contributed by atoms with Gasteiger partial charge in [-0.1, -0.05) is 74.5 Å². The lowest BCUT2D eigenvalue weighted by Crippen LogP contribution is -2.47. The fraction of sp³-hybridized carbons (Fsp3) is 0.600. The predicted molar refractivity (Wildman–Crippen MR) is 195 cm³/mol. The van der Waals surface area contributed by atoms with E-state index in [1.54, 1.807) is 21.3 Å². The van der Waals surface area contributed by atoms with Gasteiger partial charge in [-0.3, -0.25) is 0 Å². The van der Waals surface area contributed by atoms with Crippen LogP contribution in [0.25, 0.3) is 12.2 Å². The lowest BCUT2D eigenvalue weighted by atomic mass is 10.1. The molecule has 0 spiro atoms. The van der Waals surface area contributed by atoms with Crippen molar-refractivity contribution in [3.05, 3.63) is 35.4 Å². The van der Waals surface area contributed by atoms with Crippen LogP contribution in [-0.4, -0.2) is 46.3 Å². The van der Waals surface area contributed by atoms with Crippen molar-refractivity contribution in [1.82, 2.24) is 0 Å². The minimum absolute atomic E-state index is 0.0163. The zero-order valence-electron chi connectivity index (χ0n) is 30.9. The van der Waals surface area contributed by atoms with Crippen LogP contribution in [0, 0.1) is 0 Å². The normalized spacial score (nSPS) is 13.6. The fourth-order valence-corrected chi connectivity index (χ4v) is 6.65. The molecule has 0 fully saturated rings. The van der Waals surface area contributed by atoms with Crippen LogP contribution in [0.4, 0.5) is 0 Å². The molecule has 0 bridgehead atoms. The first-order valence-corrected chi connectivity index (χ1v) is 24.3. The number of hydrogen-bond acceptors (Lipinski definition) is 6. The van der Waals surface area contributed by atoms with Gasteiger partial charge in [0, 0.05) is 5.56 Å². The zero-order chi connectivity index (χ0) is 34.1. The number of methoxy groups -OCH3 is 3. The van der Waals surface area contributed by atoms with Crippen molar-refractivity contribution in [2.24, 2.45) is 0 Å². The first-order chi connectivity index (χ1) is 19.8. The Balaban J connectivity index is 2.94. The van der Waals surface area contributed by atoms with Crippen molar-refractivity contribution < 1.29 is 27.5 Å². The first kappa shape index (κ1) is 37.8. The van der Waals surface area contributed by atoms with E-state index in [2.05, 4.69) is 120 Å². The molecule has 0 unspecified atom stereocenters. The number of hydrogen-bond donors (Lipinski definition) is 0. The molecule has 0 radical (unpaired) electrons. The number of rotatable bonds is 11. The highest BCUT2D eigenvalue weighted by atomic mass is 28.4. The van der Waals surface area contributed by atoms with Crippen molar-refractivity contribution in [1.29, 1.82) is 0 Å². The molecule has 0 aliphatic rings. The molecule has 0 aromatic heterocycles. The van der Waals surface area contributed by atoms with Crippen molar-refractivity contribution >= 4 is 37.1 Å². The molecule has 0 heterocycles. The number of benzene rings is 2. The molecule has 2 aromatic rings. The molecule has 0 aliphatic heterocycles. The Labute approximate surface area is 271 Å². The largest absolute Gasteiger partial charge is 0.541 e. The van der Waals surface area contributed by atoms with Gasteiger partial charge < -0.3 is 27.5 Å². The number of ether oxygens (including phenoxy) is 3. The van der Waals surface area contributed by atoms with Gasteiger partial charge in [0.25, 0.3) is 25.0 Å². The summed E-state index contributed by atoms with van der Waals surface area (Å²) in [5.74, 6) is 4.00. The summed E-state index contributed by atoms with van der Waals surface area (Å²) in [6.07, 6.45) is 4.13. The van der Waals surface area contributed by atoms with E-state index in [-0.39, 0.29) is 15.1 Å². The smallest absolute Gasteiger partial charge is 0.250 e. The van der Waals surface area contributed by atoms with E-state index in [0.29, 0.717) is 17.2 Å². The summed E-state index contributed by atoms with van der Waals surface area (Å²) in [5, 5.41) is -0.0144. The summed E-state index contributed by atoms with van der Waals surface area (Å²) in [6.45, 7) is 34.0. The monoisotopic (exact) mass is 660 g/mol. The van der Waals surface area contributed by atoms with E-state index in [1.807, 2.05) is 18.2 Å². The highest BCUT2D eigenvalue weighted by Crippen LogP contribution is 2.51. The molecule has 6 nitrogen and oxygen atoms in total. The molecule has 248 valence electrons. The molecule has 2 rings (SSSR count). The van der Waals surface area contributed by atoms with E-state index in [0.717, 1.165) is 28.4 Å². The summed E-state index contributed by atoms with van der Waals surface area (Å²) >= 11 is 0. The fourth-order valence-electron chi connectivity index (χ4n) is 3.60. The van der Waals surface area contributed by atoms with Crippen LogP contribution in [0.1, 0.15) is 73.4 Å². The summed E-state index contributed by atoms with van der Waals surface area (Å²) < 4.78 is 38.1. The summed E-state index contributed by atoms with van der Waals surface area (Å²) in [4.78, 5) is 0. The molecule has 2 aromatic carbocycles. The molecule has 0 amide bonds. The van der Waals surface area contributed by atoms with Crippen molar-refractivity contribution in [3.8, 4) is 34.5 Å². The third-order valence-corrected chi connectivity index (χ3v) is 22.7. The van der Waals surface area contributed by atoms with Crippen LogP contribution in [0.15, 0.2) is 24.3 Å². The minimum atomic E-state index is -2.30.